The van der Waals surface area contributed by atoms with Gasteiger partial charge in [0.15, 0.2) is 0 Å². The van der Waals surface area contributed by atoms with Gasteiger partial charge in [-0.1, -0.05) is 18.4 Å². The van der Waals surface area contributed by atoms with E-state index >= 15 is 0 Å². The molecule has 0 radical (unpaired) electrons. The maximum absolute atomic E-state index is 11.4. The molecular weight excluding hydrogens is 204 g/mol. The highest BCUT2D eigenvalue weighted by Crippen LogP contribution is 2.44. The summed E-state index contributed by atoms with van der Waals surface area (Å²) in [6.07, 6.45) is 6.92. The van der Waals surface area contributed by atoms with Gasteiger partial charge in [0.05, 0.1) is 11.7 Å². The lowest BCUT2D eigenvalue weighted by molar-refractivity contribution is -0.146. The zero-order valence-corrected chi connectivity index (χ0v) is 9.40. The molecular formula is C13H16O3. The largest absolute Gasteiger partial charge is 0.481 e. The Labute approximate surface area is 94.8 Å². The number of carbonyl (C=O) groups is 1. The first-order valence-electron chi connectivity index (χ1n) is 5.61. The van der Waals surface area contributed by atoms with E-state index in [1.54, 1.807) is 12.3 Å². The minimum Gasteiger partial charge on any atom is -0.481 e. The number of carboxylic acid groups (broad SMARTS) is 1. The van der Waals surface area contributed by atoms with Crippen LogP contribution in [0.2, 0.25) is 0 Å². The third-order valence-electron chi connectivity index (χ3n) is 3.52. The molecule has 0 unspecified atom stereocenters. The van der Waals surface area contributed by atoms with Crippen molar-refractivity contribution in [1.29, 1.82) is 0 Å². The van der Waals surface area contributed by atoms with E-state index < -0.39 is 11.4 Å². The Morgan fingerprint density at radius 1 is 1.50 bits per heavy atom. The molecule has 1 aromatic heterocycles. The van der Waals surface area contributed by atoms with Crippen molar-refractivity contribution in [3.05, 3.63) is 29.7 Å². The van der Waals surface area contributed by atoms with Gasteiger partial charge in [0, 0.05) is 0 Å². The zero-order chi connectivity index (χ0) is 11.6. The Morgan fingerprint density at radius 2 is 2.19 bits per heavy atom. The van der Waals surface area contributed by atoms with E-state index in [0.717, 1.165) is 37.0 Å². The normalized spacial score (nSPS) is 19.9. The summed E-state index contributed by atoms with van der Waals surface area (Å²) in [7, 11) is 0. The molecule has 1 heterocycles. The number of aliphatic carboxylic acids is 1. The van der Waals surface area contributed by atoms with Gasteiger partial charge < -0.3 is 9.52 Å². The maximum atomic E-state index is 11.4. The first-order valence-corrected chi connectivity index (χ1v) is 5.61. The third kappa shape index (κ3) is 1.77. The van der Waals surface area contributed by atoms with Crippen LogP contribution in [-0.4, -0.2) is 11.1 Å². The van der Waals surface area contributed by atoms with Crippen molar-refractivity contribution in [1.82, 2.24) is 0 Å². The zero-order valence-electron chi connectivity index (χ0n) is 9.40. The summed E-state index contributed by atoms with van der Waals surface area (Å²) in [4.78, 5) is 11.4. The Kier molecular flexibility index (Phi) is 2.86. The van der Waals surface area contributed by atoms with Gasteiger partial charge in [-0.15, -0.1) is 0 Å². The van der Waals surface area contributed by atoms with Gasteiger partial charge in [0.2, 0.25) is 0 Å². The number of hydrogen-bond donors (Lipinski definition) is 1. The summed E-state index contributed by atoms with van der Waals surface area (Å²) >= 11 is 0. The fraction of sp³-hybridized carbons (Fsp3) is 0.462. The molecule has 1 saturated carbocycles. The summed E-state index contributed by atoms with van der Waals surface area (Å²) in [5.41, 5.74) is 0.236. The van der Waals surface area contributed by atoms with Crippen LogP contribution in [0.1, 0.15) is 38.4 Å². The molecule has 0 spiro atoms. The maximum Gasteiger partial charge on any atom is 0.313 e. The molecule has 1 fully saturated rings. The molecule has 0 aliphatic heterocycles. The van der Waals surface area contributed by atoms with Crippen molar-refractivity contribution in [3.63, 3.8) is 0 Å². The molecule has 1 aliphatic carbocycles. The molecule has 0 bridgehead atoms. The average Bonchev–Trinajstić information content (AvgIpc) is 2.87. The Morgan fingerprint density at radius 3 is 2.69 bits per heavy atom. The molecule has 16 heavy (non-hydrogen) atoms. The van der Waals surface area contributed by atoms with Crippen molar-refractivity contribution in [2.75, 3.05) is 0 Å². The van der Waals surface area contributed by atoms with E-state index in [-0.39, 0.29) is 0 Å². The second-order valence-corrected chi connectivity index (χ2v) is 4.44. The number of rotatable bonds is 3. The van der Waals surface area contributed by atoms with Gasteiger partial charge in [-0.25, -0.2) is 0 Å². The highest BCUT2D eigenvalue weighted by Gasteiger charge is 2.42. The van der Waals surface area contributed by atoms with Crippen molar-refractivity contribution in [2.24, 2.45) is 5.41 Å². The first-order chi connectivity index (χ1) is 7.65. The van der Waals surface area contributed by atoms with E-state index in [2.05, 4.69) is 0 Å². The van der Waals surface area contributed by atoms with Crippen LogP contribution in [0.25, 0.3) is 6.08 Å². The predicted molar refractivity (Wildman–Crippen MR) is 60.9 cm³/mol. The van der Waals surface area contributed by atoms with Crippen molar-refractivity contribution < 1.29 is 14.3 Å². The molecule has 0 atom stereocenters. The number of carboxylic acids is 1. The van der Waals surface area contributed by atoms with Crippen molar-refractivity contribution in [2.45, 2.75) is 32.6 Å². The van der Waals surface area contributed by atoms with E-state index in [1.807, 2.05) is 19.1 Å². The lowest BCUT2D eigenvalue weighted by atomic mass is 9.79. The molecule has 1 aromatic rings. The second-order valence-electron chi connectivity index (χ2n) is 4.44. The van der Waals surface area contributed by atoms with Crippen LogP contribution in [0.15, 0.2) is 28.4 Å². The molecule has 86 valence electrons. The summed E-state index contributed by atoms with van der Waals surface area (Å²) < 4.78 is 5.22. The van der Waals surface area contributed by atoms with Crippen LogP contribution in [0.5, 0.6) is 0 Å². The lowest BCUT2D eigenvalue weighted by Crippen LogP contribution is -2.28. The average molecular weight is 220 g/mol. The summed E-state index contributed by atoms with van der Waals surface area (Å²) in [5, 5.41) is 9.39. The van der Waals surface area contributed by atoms with Gasteiger partial charge in [-0.05, 0) is 38.0 Å². The van der Waals surface area contributed by atoms with Crippen LogP contribution in [0.3, 0.4) is 0 Å². The highest BCUT2D eigenvalue weighted by molar-refractivity contribution is 5.80. The quantitative estimate of drug-likeness (QED) is 0.850. The number of furan rings is 1. The van der Waals surface area contributed by atoms with Gasteiger partial charge in [-0.3, -0.25) is 4.79 Å². The van der Waals surface area contributed by atoms with Gasteiger partial charge in [0.1, 0.15) is 5.76 Å². The minimum absolute atomic E-state index is 0.660. The molecule has 1 aliphatic rings. The fourth-order valence-electron chi connectivity index (χ4n) is 2.48. The molecule has 1 N–H and O–H groups in total. The van der Waals surface area contributed by atoms with E-state index in [1.165, 1.54) is 0 Å². The Balaban J connectivity index is 2.31. The molecule has 3 heteroatoms. The third-order valence-corrected chi connectivity index (χ3v) is 3.52. The predicted octanol–water partition coefficient (Wildman–Crippen LogP) is 3.33. The molecule has 0 saturated heterocycles. The second kappa shape index (κ2) is 4.16. The van der Waals surface area contributed by atoms with E-state index in [9.17, 15) is 9.90 Å². The Bertz CT molecular complexity index is 395. The molecule has 0 amide bonds. The van der Waals surface area contributed by atoms with Gasteiger partial charge in [0.25, 0.3) is 0 Å². The Hall–Kier alpha value is -1.51. The first kappa shape index (κ1) is 11.0. The van der Waals surface area contributed by atoms with Crippen LogP contribution < -0.4 is 0 Å². The van der Waals surface area contributed by atoms with Crippen LogP contribution >= 0.6 is 0 Å². The van der Waals surface area contributed by atoms with Crippen LogP contribution in [-0.2, 0) is 4.79 Å². The van der Waals surface area contributed by atoms with Crippen LogP contribution in [0, 0.1) is 5.41 Å². The molecule has 3 nitrogen and oxygen atoms in total. The summed E-state index contributed by atoms with van der Waals surface area (Å²) in [5.74, 6) is 0.0235. The van der Waals surface area contributed by atoms with Crippen LogP contribution in [0.4, 0.5) is 0 Å². The minimum atomic E-state index is -0.703. The summed E-state index contributed by atoms with van der Waals surface area (Å²) in [6, 6.07) is 3.65. The monoisotopic (exact) mass is 220 g/mol. The smallest absolute Gasteiger partial charge is 0.313 e. The van der Waals surface area contributed by atoms with Gasteiger partial charge in [-0.2, -0.15) is 0 Å². The molecule has 0 aromatic carbocycles. The topological polar surface area (TPSA) is 50.4 Å². The standard InChI is InChI=1S/C13H16O3/c1-10(9-11-5-4-8-16-11)13(12(14)15)6-2-3-7-13/h4-5,8-9H,2-3,6-7H2,1H3,(H,14,15)/b10-9+. The van der Waals surface area contributed by atoms with E-state index in [4.69, 9.17) is 4.42 Å². The highest BCUT2D eigenvalue weighted by atomic mass is 16.4. The SMILES string of the molecule is C/C(=C\c1ccco1)C1(C(=O)O)CCCC1. The van der Waals surface area contributed by atoms with Crippen molar-refractivity contribution in [3.8, 4) is 0 Å². The van der Waals surface area contributed by atoms with Crippen molar-refractivity contribution >= 4 is 12.0 Å². The number of hydrogen-bond acceptors (Lipinski definition) is 2. The molecule has 2 rings (SSSR count). The van der Waals surface area contributed by atoms with E-state index in [0.29, 0.717) is 0 Å². The lowest BCUT2D eigenvalue weighted by Gasteiger charge is -2.24. The summed E-state index contributed by atoms with van der Waals surface area (Å²) in [6.45, 7) is 1.89. The van der Waals surface area contributed by atoms with Gasteiger partial charge >= 0.3 is 5.97 Å². The fourth-order valence-corrected chi connectivity index (χ4v) is 2.48.